The third-order valence-electron chi connectivity index (χ3n) is 4.07. The summed E-state index contributed by atoms with van der Waals surface area (Å²) in [7, 11) is 0. The Labute approximate surface area is 106 Å². The van der Waals surface area contributed by atoms with Crippen LogP contribution in [0.3, 0.4) is 0 Å². The second kappa shape index (κ2) is 4.76. The van der Waals surface area contributed by atoms with Crippen LogP contribution in [0.15, 0.2) is 0 Å². The van der Waals surface area contributed by atoms with E-state index in [1.54, 1.807) is 4.90 Å². The van der Waals surface area contributed by atoms with Crippen LogP contribution in [0, 0.1) is 11.8 Å². The second-order valence-electron chi connectivity index (χ2n) is 5.54. The zero-order chi connectivity index (χ0) is 13.4. The molecule has 2 heterocycles. The van der Waals surface area contributed by atoms with Crippen molar-refractivity contribution in [2.45, 2.75) is 32.4 Å². The van der Waals surface area contributed by atoms with Crippen LogP contribution in [0.25, 0.3) is 0 Å². The van der Waals surface area contributed by atoms with E-state index in [1.165, 1.54) is 4.90 Å². The number of carboxylic acid groups (broad SMARTS) is 1. The Hall–Kier alpha value is -1.30. The van der Waals surface area contributed by atoms with Gasteiger partial charge in [0.05, 0.1) is 6.10 Å². The Kier molecular flexibility index (Phi) is 3.47. The van der Waals surface area contributed by atoms with Gasteiger partial charge < -0.3 is 20.0 Å². The van der Waals surface area contributed by atoms with Crippen LogP contribution in [0.1, 0.15) is 20.3 Å². The molecule has 2 aliphatic rings. The molecule has 18 heavy (non-hydrogen) atoms. The molecule has 2 N–H and O–H groups in total. The lowest BCUT2D eigenvalue weighted by atomic mass is 10.0. The summed E-state index contributed by atoms with van der Waals surface area (Å²) in [6.45, 7) is 5.63. The van der Waals surface area contributed by atoms with Gasteiger partial charge in [0.1, 0.15) is 6.04 Å². The predicted octanol–water partition coefficient (Wildman–Crippen LogP) is 0.214. The highest BCUT2D eigenvalue weighted by Gasteiger charge is 2.42. The standard InChI is InChI=1S/C12H20N2O4/c1-7-4-13(5-8(7)2)12(18)14-6-9(15)3-10(14)11(16)17/h7-10,15H,3-6H2,1-2H3,(H,16,17). The van der Waals surface area contributed by atoms with E-state index in [9.17, 15) is 14.7 Å². The van der Waals surface area contributed by atoms with Gasteiger partial charge in [0.2, 0.25) is 0 Å². The third-order valence-corrected chi connectivity index (χ3v) is 4.07. The Morgan fingerprint density at radius 2 is 1.67 bits per heavy atom. The van der Waals surface area contributed by atoms with Gasteiger partial charge in [-0.15, -0.1) is 0 Å². The minimum atomic E-state index is -1.04. The number of amides is 2. The van der Waals surface area contributed by atoms with Crippen molar-refractivity contribution in [3.05, 3.63) is 0 Å². The van der Waals surface area contributed by atoms with Crippen LogP contribution in [0.2, 0.25) is 0 Å². The average molecular weight is 256 g/mol. The van der Waals surface area contributed by atoms with Crippen molar-refractivity contribution in [3.63, 3.8) is 0 Å². The molecule has 6 heteroatoms. The maximum absolute atomic E-state index is 12.3. The number of carbonyl (C=O) groups is 2. The molecule has 2 aliphatic heterocycles. The van der Waals surface area contributed by atoms with E-state index in [0.29, 0.717) is 24.9 Å². The van der Waals surface area contributed by atoms with Gasteiger partial charge in [-0.05, 0) is 11.8 Å². The van der Waals surface area contributed by atoms with Crippen LogP contribution in [-0.4, -0.2) is 63.8 Å². The van der Waals surface area contributed by atoms with Gasteiger partial charge >= 0.3 is 12.0 Å². The normalized spacial score (nSPS) is 36.2. The minimum absolute atomic E-state index is 0.120. The summed E-state index contributed by atoms with van der Waals surface area (Å²) in [5.41, 5.74) is 0. The van der Waals surface area contributed by atoms with E-state index in [-0.39, 0.29) is 19.0 Å². The molecular formula is C12H20N2O4. The summed E-state index contributed by atoms with van der Waals surface area (Å²) in [6.07, 6.45) is -0.604. The first kappa shape index (κ1) is 13.1. The highest BCUT2D eigenvalue weighted by Crippen LogP contribution is 2.26. The number of aliphatic hydroxyl groups excluding tert-OH is 1. The summed E-state index contributed by atoms with van der Waals surface area (Å²) in [4.78, 5) is 26.3. The van der Waals surface area contributed by atoms with Crippen molar-refractivity contribution in [1.29, 1.82) is 0 Å². The zero-order valence-electron chi connectivity index (χ0n) is 10.7. The van der Waals surface area contributed by atoms with Crippen molar-refractivity contribution in [2.24, 2.45) is 11.8 Å². The van der Waals surface area contributed by atoms with Crippen LogP contribution >= 0.6 is 0 Å². The maximum Gasteiger partial charge on any atom is 0.326 e. The van der Waals surface area contributed by atoms with Crippen molar-refractivity contribution in [3.8, 4) is 0 Å². The minimum Gasteiger partial charge on any atom is -0.480 e. The Balaban J connectivity index is 2.06. The van der Waals surface area contributed by atoms with Crippen molar-refractivity contribution < 1.29 is 19.8 Å². The molecule has 6 nitrogen and oxygen atoms in total. The zero-order valence-corrected chi connectivity index (χ0v) is 10.7. The number of hydrogen-bond acceptors (Lipinski definition) is 3. The molecule has 2 rings (SSSR count). The monoisotopic (exact) mass is 256 g/mol. The van der Waals surface area contributed by atoms with Crippen molar-refractivity contribution in [1.82, 2.24) is 9.80 Å². The number of hydrogen-bond donors (Lipinski definition) is 2. The molecule has 102 valence electrons. The first-order valence-electron chi connectivity index (χ1n) is 6.36. The number of β-amino-alcohol motifs (C(OH)–C–C–N with tert-alkyl or cyclic N) is 1. The smallest absolute Gasteiger partial charge is 0.326 e. The average Bonchev–Trinajstić information content (AvgIpc) is 2.82. The summed E-state index contributed by atoms with van der Waals surface area (Å²) in [5.74, 6) is -0.172. The van der Waals surface area contributed by atoms with Gasteiger partial charge in [-0.2, -0.15) is 0 Å². The van der Waals surface area contributed by atoms with E-state index < -0.39 is 18.1 Å². The number of aliphatic carboxylic acids is 1. The molecule has 2 saturated heterocycles. The molecule has 0 radical (unpaired) electrons. The fraction of sp³-hybridized carbons (Fsp3) is 0.833. The van der Waals surface area contributed by atoms with Crippen LogP contribution in [0.4, 0.5) is 4.79 Å². The Morgan fingerprint density at radius 3 is 2.17 bits per heavy atom. The number of nitrogens with zero attached hydrogens (tertiary/aromatic N) is 2. The largest absolute Gasteiger partial charge is 0.480 e. The topological polar surface area (TPSA) is 81.1 Å². The molecule has 0 saturated carbocycles. The highest BCUT2D eigenvalue weighted by molar-refractivity contribution is 5.83. The summed E-state index contributed by atoms with van der Waals surface area (Å²) in [5, 5.41) is 18.6. The molecule has 4 atom stereocenters. The second-order valence-corrected chi connectivity index (χ2v) is 5.54. The van der Waals surface area contributed by atoms with Crippen LogP contribution < -0.4 is 0 Å². The molecule has 0 aliphatic carbocycles. The third kappa shape index (κ3) is 2.29. The molecule has 0 aromatic rings. The van der Waals surface area contributed by atoms with E-state index in [0.717, 1.165) is 0 Å². The lowest BCUT2D eigenvalue weighted by molar-refractivity contribution is -0.141. The molecular weight excluding hydrogens is 236 g/mol. The molecule has 2 fully saturated rings. The van der Waals surface area contributed by atoms with E-state index in [2.05, 4.69) is 13.8 Å². The number of aliphatic hydroxyl groups is 1. The maximum atomic E-state index is 12.3. The van der Waals surface area contributed by atoms with Crippen LogP contribution in [0.5, 0.6) is 0 Å². The molecule has 2 amide bonds. The number of carbonyl (C=O) groups excluding carboxylic acids is 1. The molecule has 0 bridgehead atoms. The number of urea groups is 1. The first-order valence-corrected chi connectivity index (χ1v) is 6.36. The van der Waals surface area contributed by atoms with Gasteiger partial charge in [0.25, 0.3) is 0 Å². The molecule has 0 aromatic carbocycles. The number of carboxylic acids is 1. The predicted molar refractivity (Wildman–Crippen MR) is 64.1 cm³/mol. The van der Waals surface area contributed by atoms with Crippen molar-refractivity contribution >= 4 is 12.0 Å². The molecule has 4 unspecified atom stereocenters. The van der Waals surface area contributed by atoms with E-state index in [4.69, 9.17) is 5.11 Å². The summed E-state index contributed by atoms with van der Waals surface area (Å²) >= 11 is 0. The summed E-state index contributed by atoms with van der Waals surface area (Å²) < 4.78 is 0. The Bertz CT molecular complexity index is 350. The van der Waals surface area contributed by atoms with Gasteiger partial charge in [0.15, 0.2) is 0 Å². The summed E-state index contributed by atoms with van der Waals surface area (Å²) in [6, 6.07) is -1.14. The van der Waals surface area contributed by atoms with Gasteiger partial charge in [-0.3, -0.25) is 0 Å². The molecule has 0 aromatic heterocycles. The first-order chi connectivity index (χ1) is 8.40. The van der Waals surface area contributed by atoms with Crippen LogP contribution in [-0.2, 0) is 4.79 Å². The highest BCUT2D eigenvalue weighted by atomic mass is 16.4. The van der Waals surface area contributed by atoms with Crippen molar-refractivity contribution in [2.75, 3.05) is 19.6 Å². The fourth-order valence-corrected chi connectivity index (χ4v) is 2.73. The fourth-order valence-electron chi connectivity index (χ4n) is 2.73. The number of likely N-dealkylation sites (tertiary alicyclic amines) is 2. The Morgan fingerprint density at radius 1 is 1.11 bits per heavy atom. The van der Waals surface area contributed by atoms with Gasteiger partial charge in [0, 0.05) is 26.1 Å². The van der Waals surface area contributed by atoms with E-state index >= 15 is 0 Å². The van der Waals surface area contributed by atoms with Gasteiger partial charge in [-0.25, -0.2) is 9.59 Å². The van der Waals surface area contributed by atoms with Gasteiger partial charge in [-0.1, -0.05) is 13.8 Å². The SMILES string of the molecule is CC1CN(C(=O)N2CC(O)CC2C(=O)O)CC1C. The van der Waals surface area contributed by atoms with E-state index in [1.807, 2.05) is 0 Å². The lowest BCUT2D eigenvalue weighted by Gasteiger charge is -2.27. The number of rotatable bonds is 1. The molecule has 0 spiro atoms. The quantitative estimate of drug-likeness (QED) is 0.703. The lowest BCUT2D eigenvalue weighted by Crippen LogP contribution is -2.47.